The van der Waals surface area contributed by atoms with Gasteiger partial charge in [0.1, 0.15) is 0 Å². The maximum absolute atomic E-state index is 11.4. The SMILES string of the molecule is Cc1cc2c3c(n(C)c2cc1C)CCC(C(N)=O)C3. The molecular weight excluding hydrogens is 236 g/mol. The van der Waals surface area contributed by atoms with Gasteiger partial charge < -0.3 is 10.3 Å². The van der Waals surface area contributed by atoms with Gasteiger partial charge in [0.05, 0.1) is 0 Å². The van der Waals surface area contributed by atoms with Crippen molar-refractivity contribution in [1.29, 1.82) is 0 Å². The molecule has 1 aliphatic carbocycles. The Kier molecular flexibility index (Phi) is 2.66. The van der Waals surface area contributed by atoms with Crippen LogP contribution in [0.5, 0.6) is 0 Å². The lowest BCUT2D eigenvalue weighted by Gasteiger charge is -2.20. The number of primary amides is 1. The number of carbonyl (C=O) groups excluding carboxylic acids is 1. The van der Waals surface area contributed by atoms with Gasteiger partial charge in [-0.2, -0.15) is 0 Å². The Morgan fingerprint density at radius 2 is 2.00 bits per heavy atom. The second-order valence-corrected chi connectivity index (χ2v) is 5.78. The second kappa shape index (κ2) is 4.12. The summed E-state index contributed by atoms with van der Waals surface area (Å²) in [6, 6.07) is 4.51. The van der Waals surface area contributed by atoms with Crippen molar-refractivity contribution in [3.05, 3.63) is 34.5 Å². The molecule has 1 aromatic carbocycles. The number of aromatic nitrogens is 1. The minimum atomic E-state index is -0.161. The van der Waals surface area contributed by atoms with Gasteiger partial charge in [-0.05, 0) is 61.9 Å². The van der Waals surface area contributed by atoms with Gasteiger partial charge in [-0.25, -0.2) is 0 Å². The van der Waals surface area contributed by atoms with Crippen LogP contribution < -0.4 is 5.73 Å². The van der Waals surface area contributed by atoms with Crippen LogP contribution in [0.3, 0.4) is 0 Å². The lowest BCUT2D eigenvalue weighted by Crippen LogP contribution is -2.28. The van der Waals surface area contributed by atoms with Crippen LogP contribution in [0.25, 0.3) is 10.9 Å². The predicted molar refractivity (Wildman–Crippen MR) is 77.1 cm³/mol. The van der Waals surface area contributed by atoms with E-state index in [-0.39, 0.29) is 11.8 Å². The number of rotatable bonds is 1. The Bertz CT molecular complexity index is 682. The number of aryl methyl sites for hydroxylation is 3. The summed E-state index contributed by atoms with van der Waals surface area (Å²) in [7, 11) is 2.13. The maximum Gasteiger partial charge on any atom is 0.220 e. The van der Waals surface area contributed by atoms with E-state index in [9.17, 15) is 4.79 Å². The average Bonchev–Trinajstić information content (AvgIpc) is 2.64. The van der Waals surface area contributed by atoms with Crippen molar-refractivity contribution < 1.29 is 4.79 Å². The van der Waals surface area contributed by atoms with E-state index in [0.717, 1.165) is 19.3 Å². The Balaban J connectivity index is 2.23. The highest BCUT2D eigenvalue weighted by molar-refractivity contribution is 5.88. The molecule has 3 rings (SSSR count). The number of nitrogens with zero attached hydrogens (tertiary/aromatic N) is 1. The van der Waals surface area contributed by atoms with Gasteiger partial charge in [-0.1, -0.05) is 0 Å². The Morgan fingerprint density at radius 3 is 2.68 bits per heavy atom. The van der Waals surface area contributed by atoms with Crippen molar-refractivity contribution in [1.82, 2.24) is 4.57 Å². The average molecular weight is 256 g/mol. The van der Waals surface area contributed by atoms with Crippen molar-refractivity contribution >= 4 is 16.8 Å². The van der Waals surface area contributed by atoms with E-state index >= 15 is 0 Å². The van der Waals surface area contributed by atoms with Gasteiger partial charge >= 0.3 is 0 Å². The third kappa shape index (κ3) is 1.76. The molecule has 3 heteroatoms. The second-order valence-electron chi connectivity index (χ2n) is 5.78. The zero-order valence-electron chi connectivity index (χ0n) is 11.8. The van der Waals surface area contributed by atoms with Crippen LogP contribution >= 0.6 is 0 Å². The van der Waals surface area contributed by atoms with Crippen molar-refractivity contribution in [2.75, 3.05) is 0 Å². The Labute approximate surface area is 113 Å². The molecule has 0 spiro atoms. The van der Waals surface area contributed by atoms with Crippen molar-refractivity contribution in [2.24, 2.45) is 18.7 Å². The quantitative estimate of drug-likeness (QED) is 0.836. The molecule has 0 bridgehead atoms. The molecule has 0 fully saturated rings. The Morgan fingerprint density at radius 1 is 1.32 bits per heavy atom. The molecule has 100 valence electrons. The normalized spacial score (nSPS) is 18.6. The molecule has 0 radical (unpaired) electrons. The number of hydrogen-bond donors (Lipinski definition) is 1. The van der Waals surface area contributed by atoms with Crippen molar-refractivity contribution in [3.8, 4) is 0 Å². The first-order valence-electron chi connectivity index (χ1n) is 6.85. The van der Waals surface area contributed by atoms with E-state index in [1.165, 1.54) is 33.3 Å². The van der Waals surface area contributed by atoms with Crippen LogP contribution in [-0.2, 0) is 24.7 Å². The number of carbonyl (C=O) groups is 1. The first-order valence-corrected chi connectivity index (χ1v) is 6.85. The fourth-order valence-corrected chi connectivity index (χ4v) is 3.27. The molecule has 0 saturated carbocycles. The van der Waals surface area contributed by atoms with E-state index in [0.29, 0.717) is 0 Å². The van der Waals surface area contributed by atoms with Gasteiger partial charge in [0, 0.05) is 29.6 Å². The first-order chi connectivity index (χ1) is 8.99. The number of fused-ring (bicyclic) bond motifs is 3. The highest BCUT2D eigenvalue weighted by Gasteiger charge is 2.27. The van der Waals surface area contributed by atoms with E-state index < -0.39 is 0 Å². The number of amides is 1. The molecule has 2 N–H and O–H groups in total. The molecule has 1 aromatic heterocycles. The lowest BCUT2D eigenvalue weighted by molar-refractivity contribution is -0.122. The van der Waals surface area contributed by atoms with Crippen LogP contribution in [0.2, 0.25) is 0 Å². The molecule has 1 heterocycles. The van der Waals surface area contributed by atoms with Crippen LogP contribution in [0.4, 0.5) is 0 Å². The van der Waals surface area contributed by atoms with Gasteiger partial charge in [0.2, 0.25) is 5.91 Å². The highest BCUT2D eigenvalue weighted by Crippen LogP contribution is 2.34. The van der Waals surface area contributed by atoms with Crippen LogP contribution in [0.1, 0.15) is 28.8 Å². The summed E-state index contributed by atoms with van der Waals surface area (Å²) >= 11 is 0. The largest absolute Gasteiger partial charge is 0.369 e. The topological polar surface area (TPSA) is 48.0 Å². The number of hydrogen-bond acceptors (Lipinski definition) is 1. The number of benzene rings is 1. The summed E-state index contributed by atoms with van der Waals surface area (Å²) in [5.74, 6) is -0.161. The Hall–Kier alpha value is -1.77. The van der Waals surface area contributed by atoms with Crippen LogP contribution in [0.15, 0.2) is 12.1 Å². The summed E-state index contributed by atoms with van der Waals surface area (Å²) in [5, 5.41) is 1.30. The molecule has 19 heavy (non-hydrogen) atoms. The van der Waals surface area contributed by atoms with E-state index in [4.69, 9.17) is 5.73 Å². The number of nitrogens with two attached hydrogens (primary N) is 1. The minimum Gasteiger partial charge on any atom is -0.369 e. The molecule has 1 amide bonds. The highest BCUT2D eigenvalue weighted by atomic mass is 16.1. The van der Waals surface area contributed by atoms with Gasteiger partial charge in [0.25, 0.3) is 0 Å². The lowest BCUT2D eigenvalue weighted by atomic mass is 9.85. The van der Waals surface area contributed by atoms with E-state index in [2.05, 4.69) is 37.6 Å². The van der Waals surface area contributed by atoms with Crippen molar-refractivity contribution in [2.45, 2.75) is 33.1 Å². The molecular formula is C16H20N2O. The van der Waals surface area contributed by atoms with E-state index in [1.807, 2.05) is 0 Å². The first kappa shape index (κ1) is 12.3. The zero-order chi connectivity index (χ0) is 13.7. The van der Waals surface area contributed by atoms with Crippen LogP contribution in [-0.4, -0.2) is 10.5 Å². The third-order valence-electron chi connectivity index (χ3n) is 4.63. The molecule has 1 unspecified atom stereocenters. The fourth-order valence-electron chi connectivity index (χ4n) is 3.27. The molecule has 1 atom stereocenters. The monoisotopic (exact) mass is 256 g/mol. The zero-order valence-corrected chi connectivity index (χ0v) is 11.8. The molecule has 3 nitrogen and oxygen atoms in total. The van der Waals surface area contributed by atoms with Crippen molar-refractivity contribution in [3.63, 3.8) is 0 Å². The maximum atomic E-state index is 11.4. The fraction of sp³-hybridized carbons (Fsp3) is 0.438. The summed E-state index contributed by atoms with van der Waals surface area (Å²) in [5.41, 5.74) is 12.1. The molecule has 0 saturated heterocycles. The summed E-state index contributed by atoms with van der Waals surface area (Å²) in [6.45, 7) is 4.29. The van der Waals surface area contributed by atoms with Crippen LogP contribution in [0, 0.1) is 19.8 Å². The summed E-state index contributed by atoms with van der Waals surface area (Å²) in [4.78, 5) is 11.4. The van der Waals surface area contributed by atoms with E-state index in [1.54, 1.807) is 0 Å². The predicted octanol–water partition coefficient (Wildman–Crippen LogP) is 2.39. The third-order valence-corrected chi connectivity index (χ3v) is 4.63. The smallest absolute Gasteiger partial charge is 0.220 e. The van der Waals surface area contributed by atoms with Gasteiger partial charge in [-0.3, -0.25) is 4.79 Å². The van der Waals surface area contributed by atoms with Gasteiger partial charge in [0.15, 0.2) is 0 Å². The molecule has 1 aliphatic rings. The summed E-state index contributed by atoms with van der Waals surface area (Å²) < 4.78 is 2.29. The minimum absolute atomic E-state index is 0.000269. The molecule has 0 aliphatic heterocycles. The molecule has 2 aromatic rings. The standard InChI is InChI=1S/C16H20N2O/c1-9-6-12-13-8-11(16(17)19)4-5-14(13)18(3)15(12)7-10(9)2/h6-7,11H,4-5,8H2,1-3H3,(H2,17,19). The summed E-state index contributed by atoms with van der Waals surface area (Å²) in [6.07, 6.45) is 2.63. The van der Waals surface area contributed by atoms with Gasteiger partial charge in [-0.15, -0.1) is 0 Å².